The van der Waals surface area contributed by atoms with Crippen LogP contribution in [-0.2, 0) is 17.6 Å². The van der Waals surface area contributed by atoms with Gasteiger partial charge in [-0.1, -0.05) is 40.0 Å². The van der Waals surface area contributed by atoms with E-state index in [0.717, 1.165) is 47.8 Å². The van der Waals surface area contributed by atoms with E-state index in [0.29, 0.717) is 11.5 Å². The van der Waals surface area contributed by atoms with Crippen LogP contribution in [0.3, 0.4) is 0 Å². The highest BCUT2D eigenvalue weighted by atomic mass is 16.5. The summed E-state index contributed by atoms with van der Waals surface area (Å²) in [6.45, 7) is 6.41. The van der Waals surface area contributed by atoms with Crippen molar-refractivity contribution in [2.24, 2.45) is 5.92 Å². The fraction of sp³-hybridized carbons (Fsp3) is 0.524. The van der Waals surface area contributed by atoms with Crippen molar-refractivity contribution < 1.29 is 14.6 Å². The summed E-state index contributed by atoms with van der Waals surface area (Å²) < 4.78 is 5.06. The number of pyridine rings is 1. The highest BCUT2D eigenvalue weighted by Gasteiger charge is 2.22. The summed E-state index contributed by atoms with van der Waals surface area (Å²) in [6, 6.07) is 5.18. The molecule has 1 heterocycles. The molecule has 0 aliphatic rings. The van der Waals surface area contributed by atoms with Gasteiger partial charge in [-0.3, -0.25) is 4.98 Å². The summed E-state index contributed by atoms with van der Waals surface area (Å²) in [5.41, 5.74) is 3.17. The molecule has 136 valence electrons. The van der Waals surface area contributed by atoms with Crippen molar-refractivity contribution in [2.75, 3.05) is 7.11 Å². The number of hydrogen-bond acceptors (Lipinski definition) is 4. The quantitative estimate of drug-likeness (QED) is 0.538. The van der Waals surface area contributed by atoms with Crippen LogP contribution >= 0.6 is 0 Å². The number of nitrogens with zero attached hydrogens (tertiary/aromatic N) is 1. The van der Waals surface area contributed by atoms with E-state index < -0.39 is 0 Å². The van der Waals surface area contributed by atoms with E-state index >= 15 is 0 Å². The van der Waals surface area contributed by atoms with Crippen LogP contribution in [0, 0.1) is 5.92 Å². The molecule has 2 rings (SSSR count). The van der Waals surface area contributed by atoms with Crippen LogP contribution in [0.15, 0.2) is 18.2 Å². The smallest absolute Gasteiger partial charge is 0.340 e. The third-order valence-electron chi connectivity index (χ3n) is 4.42. The number of esters is 1. The van der Waals surface area contributed by atoms with Gasteiger partial charge in [0.2, 0.25) is 0 Å². The van der Waals surface area contributed by atoms with Gasteiger partial charge in [0.15, 0.2) is 0 Å². The highest BCUT2D eigenvalue weighted by molar-refractivity contribution is 5.98. The Bertz CT molecular complexity index is 737. The van der Waals surface area contributed by atoms with Crippen molar-refractivity contribution in [2.45, 2.75) is 59.3 Å². The van der Waals surface area contributed by atoms with Gasteiger partial charge in [0.25, 0.3) is 0 Å². The van der Waals surface area contributed by atoms with Crippen molar-refractivity contribution in [3.05, 3.63) is 35.0 Å². The lowest BCUT2D eigenvalue weighted by Gasteiger charge is -2.17. The summed E-state index contributed by atoms with van der Waals surface area (Å²) in [7, 11) is 1.41. The summed E-state index contributed by atoms with van der Waals surface area (Å²) in [5.74, 6) is 0.244. The number of carbonyl (C=O) groups excluding carboxylic acids is 1. The molecule has 0 atom stereocenters. The van der Waals surface area contributed by atoms with E-state index in [-0.39, 0.29) is 11.7 Å². The lowest BCUT2D eigenvalue weighted by Crippen LogP contribution is -2.14. The number of hydrogen-bond donors (Lipinski definition) is 1. The minimum absolute atomic E-state index is 0.191. The first-order valence-corrected chi connectivity index (χ1v) is 9.20. The lowest BCUT2D eigenvalue weighted by atomic mass is 9.92. The maximum Gasteiger partial charge on any atom is 0.340 e. The first-order valence-electron chi connectivity index (χ1n) is 9.20. The molecule has 1 N–H and O–H groups in total. The van der Waals surface area contributed by atoms with E-state index in [1.807, 2.05) is 6.07 Å². The SMILES string of the molecule is CCCCCCc1c(C(=O)OC)c(CC(C)C)nc2ccc(O)cc12. The van der Waals surface area contributed by atoms with Crippen LogP contribution in [0.5, 0.6) is 5.75 Å². The molecule has 0 amide bonds. The van der Waals surface area contributed by atoms with Gasteiger partial charge < -0.3 is 9.84 Å². The number of unbranched alkanes of at least 4 members (excludes halogenated alkanes) is 3. The Balaban J connectivity index is 2.62. The standard InChI is InChI=1S/C21H29NO3/c1-5-6-7-8-9-16-17-13-15(23)10-11-18(17)22-19(12-14(2)3)20(16)21(24)25-4/h10-11,13-14,23H,5-9,12H2,1-4H3. The largest absolute Gasteiger partial charge is 0.508 e. The summed E-state index contributed by atoms with van der Waals surface area (Å²) >= 11 is 0. The molecule has 0 spiro atoms. The Morgan fingerprint density at radius 2 is 2.00 bits per heavy atom. The van der Waals surface area contributed by atoms with Gasteiger partial charge in [0, 0.05) is 5.39 Å². The number of phenols is 1. The van der Waals surface area contributed by atoms with Gasteiger partial charge in [-0.05, 0) is 48.9 Å². The Morgan fingerprint density at radius 1 is 1.24 bits per heavy atom. The number of aromatic nitrogens is 1. The Labute approximate surface area is 150 Å². The lowest BCUT2D eigenvalue weighted by molar-refractivity contribution is 0.0597. The van der Waals surface area contributed by atoms with Crippen molar-refractivity contribution in [3.8, 4) is 5.75 Å². The molecule has 0 radical (unpaired) electrons. The Morgan fingerprint density at radius 3 is 2.64 bits per heavy atom. The maximum absolute atomic E-state index is 12.5. The molecular formula is C21H29NO3. The molecule has 0 fully saturated rings. The number of carbonyl (C=O) groups is 1. The highest BCUT2D eigenvalue weighted by Crippen LogP contribution is 2.30. The molecule has 0 aliphatic carbocycles. The number of benzene rings is 1. The third-order valence-corrected chi connectivity index (χ3v) is 4.42. The van der Waals surface area contributed by atoms with Crippen LogP contribution in [0.25, 0.3) is 10.9 Å². The molecular weight excluding hydrogens is 314 g/mol. The van der Waals surface area contributed by atoms with E-state index in [2.05, 4.69) is 20.8 Å². The minimum atomic E-state index is -0.334. The average molecular weight is 343 g/mol. The number of rotatable bonds is 8. The fourth-order valence-corrected chi connectivity index (χ4v) is 3.24. The molecule has 2 aromatic rings. The van der Waals surface area contributed by atoms with Crippen LogP contribution in [-0.4, -0.2) is 23.2 Å². The fourth-order valence-electron chi connectivity index (χ4n) is 3.24. The van der Waals surface area contributed by atoms with Gasteiger partial charge in [-0.15, -0.1) is 0 Å². The van der Waals surface area contributed by atoms with Gasteiger partial charge in [-0.2, -0.15) is 0 Å². The second kappa shape index (κ2) is 8.84. The number of aryl methyl sites for hydroxylation is 1. The third kappa shape index (κ3) is 4.71. The van der Waals surface area contributed by atoms with Gasteiger partial charge in [0.1, 0.15) is 5.75 Å². The topological polar surface area (TPSA) is 59.4 Å². The number of ether oxygens (including phenoxy) is 1. The predicted octanol–water partition coefficient (Wildman–Crippen LogP) is 5.05. The van der Waals surface area contributed by atoms with Gasteiger partial charge in [0.05, 0.1) is 23.9 Å². The number of phenolic OH excluding ortho intramolecular Hbond substituents is 1. The molecule has 1 aromatic carbocycles. The molecule has 1 aromatic heterocycles. The zero-order valence-electron chi connectivity index (χ0n) is 15.8. The van der Waals surface area contributed by atoms with Crippen LogP contribution in [0.2, 0.25) is 0 Å². The molecule has 0 aliphatic heterocycles. The minimum Gasteiger partial charge on any atom is -0.508 e. The van der Waals surface area contributed by atoms with Crippen LogP contribution in [0.4, 0.5) is 0 Å². The Kier molecular flexibility index (Phi) is 6.80. The van der Waals surface area contributed by atoms with Gasteiger partial charge in [-0.25, -0.2) is 4.79 Å². The second-order valence-electron chi connectivity index (χ2n) is 7.01. The monoisotopic (exact) mass is 343 g/mol. The number of aromatic hydroxyl groups is 1. The predicted molar refractivity (Wildman–Crippen MR) is 101 cm³/mol. The molecule has 0 saturated carbocycles. The molecule has 4 nitrogen and oxygen atoms in total. The second-order valence-corrected chi connectivity index (χ2v) is 7.01. The Hall–Kier alpha value is -2.10. The summed E-state index contributed by atoms with van der Waals surface area (Å²) in [6.07, 6.45) is 6.00. The maximum atomic E-state index is 12.5. The summed E-state index contributed by atoms with van der Waals surface area (Å²) in [4.78, 5) is 17.2. The average Bonchev–Trinajstić information content (AvgIpc) is 2.57. The first kappa shape index (κ1) is 19.2. The molecule has 4 heteroatoms. The molecule has 0 bridgehead atoms. The summed E-state index contributed by atoms with van der Waals surface area (Å²) in [5, 5.41) is 10.8. The zero-order valence-corrected chi connectivity index (χ0v) is 15.8. The van der Waals surface area contributed by atoms with E-state index in [9.17, 15) is 9.90 Å². The van der Waals surface area contributed by atoms with Crippen LogP contribution < -0.4 is 0 Å². The van der Waals surface area contributed by atoms with E-state index in [1.165, 1.54) is 20.0 Å². The zero-order chi connectivity index (χ0) is 18.4. The van der Waals surface area contributed by atoms with Crippen molar-refractivity contribution in [1.82, 2.24) is 4.98 Å². The van der Waals surface area contributed by atoms with Gasteiger partial charge >= 0.3 is 5.97 Å². The molecule has 0 unspecified atom stereocenters. The van der Waals surface area contributed by atoms with Crippen molar-refractivity contribution in [1.29, 1.82) is 0 Å². The van der Waals surface area contributed by atoms with E-state index in [4.69, 9.17) is 9.72 Å². The number of fused-ring (bicyclic) bond motifs is 1. The van der Waals surface area contributed by atoms with E-state index in [1.54, 1.807) is 12.1 Å². The van der Waals surface area contributed by atoms with Crippen molar-refractivity contribution >= 4 is 16.9 Å². The van der Waals surface area contributed by atoms with Crippen LogP contribution in [0.1, 0.15) is 68.1 Å². The van der Waals surface area contributed by atoms with Crippen molar-refractivity contribution in [3.63, 3.8) is 0 Å². The molecule has 25 heavy (non-hydrogen) atoms. The normalized spacial score (nSPS) is 11.2. The number of methoxy groups -OCH3 is 1. The first-order chi connectivity index (χ1) is 12.0. The molecule has 0 saturated heterocycles.